The molecule has 220 valence electrons. The summed E-state index contributed by atoms with van der Waals surface area (Å²) in [6.45, 7) is 8.26. The molecule has 0 radical (unpaired) electrons. The zero-order valence-electron chi connectivity index (χ0n) is 23.5. The summed E-state index contributed by atoms with van der Waals surface area (Å²) in [5, 5.41) is 0. The van der Waals surface area contributed by atoms with Crippen LogP contribution in [0, 0.1) is 5.92 Å². The van der Waals surface area contributed by atoms with Gasteiger partial charge in [-0.3, -0.25) is 9.69 Å². The van der Waals surface area contributed by atoms with Crippen molar-refractivity contribution in [2.75, 3.05) is 75.4 Å². The molecule has 12 nitrogen and oxygen atoms in total. The molecule has 0 unspecified atom stereocenters. The van der Waals surface area contributed by atoms with Gasteiger partial charge in [0, 0.05) is 57.4 Å². The number of rotatable bonds is 8. The number of nitrogens with two attached hydrogens (primary N) is 1. The minimum Gasteiger partial charge on any atom is -0.489 e. The number of amides is 1. The summed E-state index contributed by atoms with van der Waals surface area (Å²) in [6.07, 6.45) is 9.28. The Hall–Kier alpha value is -3.51. The first-order chi connectivity index (χ1) is 20.0. The number of carbonyl (C=O) groups is 2. The van der Waals surface area contributed by atoms with Gasteiger partial charge in [-0.25, -0.2) is 19.7 Å². The Bertz CT molecular complexity index is 1220. The van der Waals surface area contributed by atoms with Gasteiger partial charge < -0.3 is 29.7 Å². The van der Waals surface area contributed by atoms with Crippen molar-refractivity contribution in [3.05, 3.63) is 35.9 Å². The van der Waals surface area contributed by atoms with E-state index in [-0.39, 0.29) is 5.69 Å². The topological polar surface area (TPSA) is 136 Å². The Kier molecular flexibility index (Phi) is 8.20. The minimum atomic E-state index is -1.30. The Balaban J connectivity index is 0.967. The van der Waals surface area contributed by atoms with E-state index in [1.54, 1.807) is 6.20 Å². The smallest absolute Gasteiger partial charge is 0.359 e. The number of nitrogens with zero attached hydrogens (tertiary/aromatic N) is 6. The average Bonchev–Trinajstić information content (AvgIpc) is 3.51. The SMILES string of the molecule is NC(=O)C1(OC(=O)c2cnc(N3CCOCC3)cn2)CCC(CCN2CCN(c3nccc4c3OCC4)CC2)CC1. The van der Waals surface area contributed by atoms with Crippen molar-refractivity contribution in [1.29, 1.82) is 0 Å². The maximum absolute atomic E-state index is 12.9. The van der Waals surface area contributed by atoms with Gasteiger partial charge in [0.05, 0.1) is 32.2 Å². The molecular weight excluding hydrogens is 526 g/mol. The Labute approximate surface area is 240 Å². The maximum Gasteiger partial charge on any atom is 0.359 e. The molecule has 0 atom stereocenters. The number of primary amides is 1. The van der Waals surface area contributed by atoms with Crippen molar-refractivity contribution < 1.29 is 23.8 Å². The number of morpholine rings is 1. The normalized spacial score (nSPS) is 24.9. The van der Waals surface area contributed by atoms with Gasteiger partial charge in [0.1, 0.15) is 5.82 Å². The van der Waals surface area contributed by atoms with Crippen LogP contribution in [0.1, 0.15) is 48.2 Å². The quantitative estimate of drug-likeness (QED) is 0.466. The second-order valence-corrected chi connectivity index (χ2v) is 11.4. The van der Waals surface area contributed by atoms with E-state index < -0.39 is 17.5 Å². The van der Waals surface area contributed by atoms with Crippen LogP contribution in [-0.2, 0) is 20.7 Å². The summed E-state index contributed by atoms with van der Waals surface area (Å²) in [5.74, 6) is 1.82. The van der Waals surface area contributed by atoms with Crippen LogP contribution in [0.3, 0.4) is 0 Å². The van der Waals surface area contributed by atoms with E-state index in [1.807, 2.05) is 6.20 Å². The summed E-state index contributed by atoms with van der Waals surface area (Å²) in [5.41, 5.74) is 5.81. The van der Waals surface area contributed by atoms with Gasteiger partial charge >= 0.3 is 5.97 Å². The lowest BCUT2D eigenvalue weighted by atomic mass is 9.77. The number of hydrogen-bond donors (Lipinski definition) is 1. The lowest BCUT2D eigenvalue weighted by molar-refractivity contribution is -0.142. The molecule has 1 aliphatic carbocycles. The fourth-order valence-corrected chi connectivity index (χ4v) is 6.31. The lowest BCUT2D eigenvalue weighted by Crippen LogP contribution is -2.50. The minimum absolute atomic E-state index is 0.0751. The summed E-state index contributed by atoms with van der Waals surface area (Å²) < 4.78 is 17.0. The van der Waals surface area contributed by atoms with Crippen molar-refractivity contribution in [2.45, 2.75) is 44.1 Å². The van der Waals surface area contributed by atoms with Crippen LogP contribution in [0.5, 0.6) is 5.75 Å². The highest BCUT2D eigenvalue weighted by atomic mass is 16.6. The third kappa shape index (κ3) is 6.08. The van der Waals surface area contributed by atoms with Gasteiger partial charge in [0.2, 0.25) is 0 Å². The maximum atomic E-state index is 12.9. The Morgan fingerprint density at radius 2 is 1.76 bits per heavy atom. The summed E-state index contributed by atoms with van der Waals surface area (Å²) in [4.78, 5) is 45.5. The molecule has 3 aliphatic heterocycles. The third-order valence-electron chi connectivity index (χ3n) is 8.94. The number of aromatic nitrogens is 3. The molecule has 5 heterocycles. The monoisotopic (exact) mass is 565 g/mol. The highest BCUT2D eigenvalue weighted by Crippen LogP contribution is 2.38. The fourth-order valence-electron chi connectivity index (χ4n) is 6.31. The van der Waals surface area contributed by atoms with Gasteiger partial charge in [0.25, 0.3) is 5.91 Å². The molecule has 2 aromatic rings. The van der Waals surface area contributed by atoms with Crippen LogP contribution in [0.15, 0.2) is 24.7 Å². The lowest BCUT2D eigenvalue weighted by Gasteiger charge is -2.39. The number of anilines is 2. The van der Waals surface area contributed by atoms with Crippen LogP contribution < -0.4 is 20.3 Å². The van der Waals surface area contributed by atoms with E-state index in [9.17, 15) is 9.59 Å². The molecule has 6 rings (SSSR count). The van der Waals surface area contributed by atoms with Gasteiger partial charge in [-0.1, -0.05) is 0 Å². The van der Waals surface area contributed by atoms with Crippen molar-refractivity contribution in [1.82, 2.24) is 19.9 Å². The van der Waals surface area contributed by atoms with Crippen LogP contribution in [0.25, 0.3) is 0 Å². The number of ether oxygens (including phenoxy) is 3. The summed E-state index contributed by atoms with van der Waals surface area (Å²) in [7, 11) is 0. The summed E-state index contributed by atoms with van der Waals surface area (Å²) in [6, 6.07) is 2.05. The molecule has 0 aromatic carbocycles. The second-order valence-electron chi connectivity index (χ2n) is 11.4. The predicted molar refractivity (Wildman–Crippen MR) is 151 cm³/mol. The molecule has 41 heavy (non-hydrogen) atoms. The molecular formula is C29H39N7O5. The van der Waals surface area contributed by atoms with Crippen molar-refractivity contribution in [3.8, 4) is 5.75 Å². The van der Waals surface area contributed by atoms with Crippen LogP contribution >= 0.6 is 0 Å². The molecule has 12 heteroatoms. The third-order valence-corrected chi connectivity index (χ3v) is 8.94. The fraction of sp³-hybridized carbons (Fsp3) is 0.621. The molecule has 4 aliphatic rings. The highest BCUT2D eigenvalue weighted by Gasteiger charge is 2.44. The largest absolute Gasteiger partial charge is 0.489 e. The summed E-state index contributed by atoms with van der Waals surface area (Å²) >= 11 is 0. The van der Waals surface area contributed by atoms with E-state index in [0.29, 0.717) is 37.8 Å². The number of fused-ring (bicyclic) bond motifs is 1. The predicted octanol–water partition coefficient (Wildman–Crippen LogP) is 1.43. The standard InChI is InChI=1S/C29H39N7O5/c30-28(38)29(41-27(37)23-19-33-24(20-32-23)35-14-17-39-18-15-35)6-1-21(2-7-29)4-9-34-10-12-36(13-11-34)26-25-22(3-8-31-26)5-16-40-25/h3,8,19-21H,1-2,4-7,9-18H2,(H2,30,38). The van der Waals surface area contributed by atoms with Crippen molar-refractivity contribution in [2.24, 2.45) is 11.7 Å². The van der Waals surface area contributed by atoms with E-state index >= 15 is 0 Å². The van der Waals surface area contributed by atoms with Gasteiger partial charge in [-0.05, 0) is 50.6 Å². The Morgan fingerprint density at radius 3 is 2.46 bits per heavy atom. The van der Waals surface area contributed by atoms with Crippen molar-refractivity contribution in [3.63, 3.8) is 0 Å². The van der Waals surface area contributed by atoms with E-state index in [2.05, 4.69) is 35.7 Å². The van der Waals surface area contributed by atoms with E-state index in [0.717, 1.165) is 89.7 Å². The molecule has 2 saturated heterocycles. The zero-order chi connectivity index (χ0) is 28.2. The molecule has 2 N–H and O–H groups in total. The Morgan fingerprint density at radius 1 is 0.976 bits per heavy atom. The van der Waals surface area contributed by atoms with Gasteiger partial charge in [0.15, 0.2) is 22.9 Å². The molecule has 0 spiro atoms. The number of pyridine rings is 1. The average molecular weight is 566 g/mol. The number of hydrogen-bond acceptors (Lipinski definition) is 11. The second kappa shape index (κ2) is 12.2. The number of piperazine rings is 1. The first-order valence-corrected chi connectivity index (χ1v) is 14.8. The zero-order valence-corrected chi connectivity index (χ0v) is 23.5. The first kappa shape index (κ1) is 27.6. The number of carbonyl (C=O) groups excluding carboxylic acids is 2. The molecule has 2 aromatic heterocycles. The molecule has 3 fully saturated rings. The van der Waals surface area contributed by atoms with Crippen LogP contribution in [0.2, 0.25) is 0 Å². The van der Waals surface area contributed by atoms with E-state index in [1.165, 1.54) is 11.8 Å². The van der Waals surface area contributed by atoms with Crippen molar-refractivity contribution >= 4 is 23.5 Å². The first-order valence-electron chi connectivity index (χ1n) is 14.8. The van der Waals surface area contributed by atoms with Gasteiger partial charge in [-0.2, -0.15) is 0 Å². The highest BCUT2D eigenvalue weighted by molar-refractivity contribution is 5.92. The molecule has 1 saturated carbocycles. The number of esters is 1. The van der Waals surface area contributed by atoms with Gasteiger partial charge in [-0.15, -0.1) is 0 Å². The van der Waals surface area contributed by atoms with Crippen LogP contribution in [-0.4, -0.2) is 103 Å². The molecule has 1 amide bonds. The molecule has 0 bridgehead atoms. The van der Waals surface area contributed by atoms with E-state index in [4.69, 9.17) is 19.9 Å². The van der Waals surface area contributed by atoms with Crippen LogP contribution in [0.4, 0.5) is 11.6 Å².